The van der Waals surface area contributed by atoms with E-state index < -0.39 is 5.82 Å². The van der Waals surface area contributed by atoms with E-state index in [1.807, 2.05) is 12.1 Å². The second kappa shape index (κ2) is 7.00. The zero-order valence-electron chi connectivity index (χ0n) is 14.1. The topological polar surface area (TPSA) is 59.0 Å². The first-order chi connectivity index (χ1) is 12.7. The Morgan fingerprint density at radius 1 is 1.08 bits per heavy atom. The first-order valence-electron chi connectivity index (χ1n) is 8.50. The molecule has 5 nitrogen and oxygen atoms in total. The average molecular weight is 348 g/mol. The molecule has 130 valence electrons. The van der Waals surface area contributed by atoms with Crippen molar-refractivity contribution in [1.82, 2.24) is 19.9 Å². The highest BCUT2D eigenvalue weighted by atomic mass is 19.1. The minimum atomic E-state index is -0.404. The van der Waals surface area contributed by atoms with Crippen molar-refractivity contribution in [3.63, 3.8) is 0 Å². The molecule has 0 saturated carbocycles. The third-order valence-electron chi connectivity index (χ3n) is 4.58. The lowest BCUT2D eigenvalue weighted by Gasteiger charge is -2.20. The van der Waals surface area contributed by atoms with Gasteiger partial charge in [-0.2, -0.15) is 0 Å². The summed E-state index contributed by atoms with van der Waals surface area (Å²) >= 11 is 0. The molecule has 1 aliphatic rings. The highest BCUT2D eigenvalue weighted by molar-refractivity contribution is 5.94. The number of hydrogen-bond donors (Lipinski definition) is 0. The van der Waals surface area contributed by atoms with Gasteiger partial charge in [-0.1, -0.05) is 6.07 Å². The summed E-state index contributed by atoms with van der Waals surface area (Å²) in [6, 6.07) is 9.66. The molecule has 0 aliphatic carbocycles. The minimum Gasteiger partial charge on any atom is -0.338 e. The van der Waals surface area contributed by atoms with E-state index in [0.29, 0.717) is 31.5 Å². The molecule has 3 aromatic rings. The van der Waals surface area contributed by atoms with Gasteiger partial charge in [-0.15, -0.1) is 0 Å². The molecule has 6 heteroatoms. The lowest BCUT2D eigenvalue weighted by molar-refractivity contribution is 0.0762. The molecule has 1 amide bonds. The van der Waals surface area contributed by atoms with Crippen molar-refractivity contribution < 1.29 is 9.18 Å². The Kier molecular flexibility index (Phi) is 4.39. The van der Waals surface area contributed by atoms with Gasteiger partial charge in [0.2, 0.25) is 0 Å². The molecule has 26 heavy (non-hydrogen) atoms. The van der Waals surface area contributed by atoms with Crippen LogP contribution in [0, 0.1) is 5.82 Å². The number of carbonyl (C=O) groups excluding carboxylic acids is 1. The van der Waals surface area contributed by atoms with Gasteiger partial charge in [0.15, 0.2) is 0 Å². The third kappa shape index (κ3) is 3.18. The molecule has 3 heterocycles. The molecule has 4 rings (SSSR count). The van der Waals surface area contributed by atoms with Crippen molar-refractivity contribution in [3.05, 3.63) is 77.8 Å². The molecule has 0 spiro atoms. The zero-order chi connectivity index (χ0) is 17.9. The summed E-state index contributed by atoms with van der Waals surface area (Å²) in [5, 5.41) is 0. The van der Waals surface area contributed by atoms with Gasteiger partial charge in [0.1, 0.15) is 12.1 Å². The number of hydrogen-bond acceptors (Lipinski definition) is 4. The molecule has 0 atom stereocenters. The van der Waals surface area contributed by atoms with Crippen LogP contribution in [0.5, 0.6) is 0 Å². The maximum Gasteiger partial charge on any atom is 0.253 e. The number of halogens is 1. The largest absolute Gasteiger partial charge is 0.338 e. The summed E-state index contributed by atoms with van der Waals surface area (Å²) in [6.07, 6.45) is 6.37. The predicted octanol–water partition coefficient (Wildman–Crippen LogP) is 2.92. The van der Waals surface area contributed by atoms with Crippen LogP contribution in [0.15, 0.2) is 55.1 Å². The lowest BCUT2D eigenvalue weighted by Crippen LogP contribution is -2.33. The van der Waals surface area contributed by atoms with Gasteiger partial charge in [0.25, 0.3) is 5.91 Å². The van der Waals surface area contributed by atoms with E-state index in [0.717, 1.165) is 22.5 Å². The molecule has 0 radical (unpaired) electrons. The number of rotatable bonds is 2. The molecule has 1 aliphatic heterocycles. The number of carbonyl (C=O) groups is 1. The molecule has 0 N–H and O–H groups in total. The molecule has 0 saturated heterocycles. The summed E-state index contributed by atoms with van der Waals surface area (Å²) in [4.78, 5) is 27.5. The molecule has 2 aromatic heterocycles. The quantitative estimate of drug-likeness (QED) is 0.714. The van der Waals surface area contributed by atoms with E-state index in [4.69, 9.17) is 0 Å². The van der Waals surface area contributed by atoms with Crippen molar-refractivity contribution >= 4 is 5.91 Å². The standard InChI is InChI=1S/C20H17FN4O/c21-16-5-1-3-14(11-16)20(26)25-9-6-17-18(7-10-25)23-13-24-19(17)15-4-2-8-22-12-15/h1-5,8,11-13H,6-7,9-10H2. The maximum atomic E-state index is 13.4. The van der Waals surface area contributed by atoms with Crippen LogP contribution in [-0.2, 0) is 12.8 Å². The number of benzene rings is 1. The Morgan fingerprint density at radius 2 is 1.96 bits per heavy atom. The smallest absolute Gasteiger partial charge is 0.253 e. The van der Waals surface area contributed by atoms with Gasteiger partial charge in [0, 0.05) is 54.3 Å². The third-order valence-corrected chi connectivity index (χ3v) is 4.58. The monoisotopic (exact) mass is 348 g/mol. The number of nitrogens with zero attached hydrogens (tertiary/aromatic N) is 4. The Morgan fingerprint density at radius 3 is 2.77 bits per heavy atom. The Hall–Kier alpha value is -3.15. The molecular formula is C20H17FN4O. The van der Waals surface area contributed by atoms with Crippen LogP contribution in [0.25, 0.3) is 11.3 Å². The lowest BCUT2D eigenvalue weighted by atomic mass is 10.0. The highest BCUT2D eigenvalue weighted by Gasteiger charge is 2.23. The normalized spacial score (nSPS) is 13.8. The van der Waals surface area contributed by atoms with Gasteiger partial charge in [-0.25, -0.2) is 14.4 Å². The summed E-state index contributed by atoms with van der Waals surface area (Å²) in [5.74, 6) is -0.563. The van der Waals surface area contributed by atoms with E-state index in [2.05, 4.69) is 15.0 Å². The van der Waals surface area contributed by atoms with E-state index >= 15 is 0 Å². The van der Waals surface area contributed by atoms with Crippen LogP contribution in [0.3, 0.4) is 0 Å². The Labute approximate surface area is 150 Å². The van der Waals surface area contributed by atoms with Crippen LogP contribution >= 0.6 is 0 Å². The van der Waals surface area contributed by atoms with Gasteiger partial charge in [-0.3, -0.25) is 9.78 Å². The van der Waals surface area contributed by atoms with Crippen molar-refractivity contribution in [2.75, 3.05) is 13.1 Å². The van der Waals surface area contributed by atoms with Crippen molar-refractivity contribution in [1.29, 1.82) is 0 Å². The SMILES string of the molecule is O=C(c1cccc(F)c1)N1CCc2ncnc(-c3cccnc3)c2CC1. The van der Waals surface area contributed by atoms with Crippen LogP contribution in [0.2, 0.25) is 0 Å². The highest BCUT2D eigenvalue weighted by Crippen LogP contribution is 2.25. The van der Waals surface area contributed by atoms with Crippen LogP contribution in [-0.4, -0.2) is 38.8 Å². The molecule has 0 fully saturated rings. The van der Waals surface area contributed by atoms with Crippen molar-refractivity contribution in [2.24, 2.45) is 0 Å². The number of pyridine rings is 1. The molecular weight excluding hydrogens is 331 g/mol. The predicted molar refractivity (Wildman–Crippen MR) is 95.0 cm³/mol. The van der Waals surface area contributed by atoms with E-state index in [1.54, 1.807) is 35.8 Å². The van der Waals surface area contributed by atoms with Crippen LogP contribution < -0.4 is 0 Å². The maximum absolute atomic E-state index is 13.4. The van der Waals surface area contributed by atoms with Gasteiger partial charge >= 0.3 is 0 Å². The number of amides is 1. The first kappa shape index (κ1) is 16.3. The number of aromatic nitrogens is 3. The second-order valence-corrected chi connectivity index (χ2v) is 6.19. The van der Waals surface area contributed by atoms with Crippen LogP contribution in [0.1, 0.15) is 21.6 Å². The van der Waals surface area contributed by atoms with Crippen molar-refractivity contribution in [2.45, 2.75) is 12.8 Å². The van der Waals surface area contributed by atoms with Gasteiger partial charge in [-0.05, 0) is 36.8 Å². The Balaban J connectivity index is 1.61. The summed E-state index contributed by atoms with van der Waals surface area (Å²) in [7, 11) is 0. The minimum absolute atomic E-state index is 0.159. The number of fused-ring (bicyclic) bond motifs is 1. The summed E-state index contributed by atoms with van der Waals surface area (Å²) < 4.78 is 13.4. The first-order valence-corrected chi connectivity index (χ1v) is 8.50. The second-order valence-electron chi connectivity index (χ2n) is 6.19. The summed E-state index contributed by atoms with van der Waals surface area (Å²) in [5.41, 5.74) is 4.18. The van der Waals surface area contributed by atoms with E-state index in [1.165, 1.54) is 12.1 Å². The fourth-order valence-electron chi connectivity index (χ4n) is 3.29. The molecule has 0 unspecified atom stereocenters. The van der Waals surface area contributed by atoms with Gasteiger partial charge in [0.05, 0.1) is 5.69 Å². The van der Waals surface area contributed by atoms with E-state index in [9.17, 15) is 9.18 Å². The fourth-order valence-corrected chi connectivity index (χ4v) is 3.29. The summed E-state index contributed by atoms with van der Waals surface area (Å²) in [6.45, 7) is 1.09. The zero-order valence-corrected chi connectivity index (χ0v) is 14.1. The fraction of sp³-hybridized carbons (Fsp3) is 0.200. The van der Waals surface area contributed by atoms with Crippen LogP contribution in [0.4, 0.5) is 4.39 Å². The van der Waals surface area contributed by atoms with E-state index in [-0.39, 0.29) is 5.91 Å². The Bertz CT molecular complexity index is 946. The van der Waals surface area contributed by atoms with Crippen molar-refractivity contribution in [3.8, 4) is 11.3 Å². The molecule has 0 bridgehead atoms. The average Bonchev–Trinajstić information content (AvgIpc) is 2.91. The molecule has 1 aromatic carbocycles. The van der Waals surface area contributed by atoms with Gasteiger partial charge < -0.3 is 4.90 Å².